The molecule has 4 aliphatic heterocycles. The number of hydrogen-bond acceptors (Lipinski definition) is 12. The SMILES string of the molecule is COc1cc2c(cc1OCc1ccccc1)C(CCCCC(CCCCC(CCCCC1NCCc3cc(OC)c(OCc4ccccc4)cc31)C1NCCc3cc(OC)c(OCc4ccccc4)cc31)C1NCCc3cc(OC)c(OCc4ccccc4)cc31)NCC2. The Morgan fingerprint density at radius 1 is 0.309 bits per heavy atom. The molecule has 12 rings (SSSR count). The van der Waals surface area contributed by atoms with Crippen LogP contribution in [-0.2, 0) is 52.1 Å². The third kappa shape index (κ3) is 16.9. The van der Waals surface area contributed by atoms with Crippen molar-refractivity contribution in [1.29, 1.82) is 0 Å². The van der Waals surface area contributed by atoms with Gasteiger partial charge in [0.1, 0.15) is 26.4 Å². The molecular weight excluding hydrogens is 1170 g/mol. The lowest BCUT2D eigenvalue weighted by molar-refractivity contribution is 0.262. The van der Waals surface area contributed by atoms with E-state index in [1.165, 1.54) is 44.5 Å². The molecule has 0 radical (unpaired) electrons. The fourth-order valence-corrected chi connectivity index (χ4v) is 15.2. The fraction of sp³-hybridized carbons (Fsp3) is 0.415. The number of methoxy groups -OCH3 is 4. The first-order valence-electron chi connectivity index (χ1n) is 34.9. The topological polar surface area (TPSA) is 122 Å². The molecule has 0 saturated carbocycles. The van der Waals surface area contributed by atoms with E-state index in [1.807, 2.05) is 12.1 Å². The highest BCUT2D eigenvalue weighted by molar-refractivity contribution is 5.53. The van der Waals surface area contributed by atoms with E-state index >= 15 is 0 Å². The van der Waals surface area contributed by atoms with Crippen molar-refractivity contribution in [2.45, 2.75) is 153 Å². The van der Waals surface area contributed by atoms with Crippen LogP contribution in [0.4, 0.5) is 0 Å². The van der Waals surface area contributed by atoms with Crippen molar-refractivity contribution in [3.05, 3.63) is 237 Å². The Morgan fingerprint density at radius 3 is 0.872 bits per heavy atom. The molecule has 12 heteroatoms. The highest BCUT2D eigenvalue weighted by Gasteiger charge is 2.33. The fourth-order valence-electron chi connectivity index (χ4n) is 15.2. The molecule has 4 heterocycles. The van der Waals surface area contributed by atoms with E-state index < -0.39 is 0 Å². The van der Waals surface area contributed by atoms with E-state index in [9.17, 15) is 0 Å². The largest absolute Gasteiger partial charge is 0.493 e. The quantitative estimate of drug-likeness (QED) is 0.0293. The van der Waals surface area contributed by atoms with Crippen LogP contribution >= 0.6 is 0 Å². The molecule has 0 aromatic heterocycles. The molecule has 0 saturated heterocycles. The van der Waals surface area contributed by atoms with Crippen molar-refractivity contribution in [2.24, 2.45) is 11.8 Å². The van der Waals surface area contributed by atoms with E-state index in [0.29, 0.717) is 38.3 Å². The summed E-state index contributed by atoms with van der Waals surface area (Å²) in [6.07, 6.45) is 17.2. The molecule has 0 amide bonds. The highest BCUT2D eigenvalue weighted by Crippen LogP contribution is 2.45. The van der Waals surface area contributed by atoms with Crippen LogP contribution in [-0.4, -0.2) is 54.6 Å². The molecule has 0 spiro atoms. The lowest BCUT2D eigenvalue weighted by atomic mass is 9.78. The van der Waals surface area contributed by atoms with Crippen LogP contribution in [0.1, 0.15) is 168 Å². The van der Waals surface area contributed by atoms with Gasteiger partial charge in [-0.1, -0.05) is 160 Å². The first-order valence-corrected chi connectivity index (χ1v) is 34.9. The van der Waals surface area contributed by atoms with Crippen LogP contribution in [0.3, 0.4) is 0 Å². The average molecular weight is 1270 g/mol. The summed E-state index contributed by atoms with van der Waals surface area (Å²) in [7, 11) is 7.03. The maximum atomic E-state index is 6.64. The van der Waals surface area contributed by atoms with Crippen LogP contribution in [0.5, 0.6) is 46.0 Å². The summed E-state index contributed by atoms with van der Waals surface area (Å²) in [4.78, 5) is 0. The monoisotopic (exact) mass is 1270 g/mol. The Hall–Kier alpha value is -8.00. The molecule has 0 bridgehead atoms. The van der Waals surface area contributed by atoms with Gasteiger partial charge in [-0.3, -0.25) is 0 Å². The molecule has 6 atom stereocenters. The second-order valence-electron chi connectivity index (χ2n) is 26.2. The number of unbranched alkanes of at least 4 members (excludes halogenated alkanes) is 3. The van der Waals surface area contributed by atoms with Gasteiger partial charge in [-0.2, -0.15) is 0 Å². The van der Waals surface area contributed by atoms with Gasteiger partial charge in [0.2, 0.25) is 0 Å². The Labute approximate surface area is 558 Å². The van der Waals surface area contributed by atoms with Gasteiger partial charge < -0.3 is 59.2 Å². The van der Waals surface area contributed by atoms with Gasteiger partial charge in [0, 0.05) is 24.2 Å². The van der Waals surface area contributed by atoms with Crippen LogP contribution in [0.25, 0.3) is 0 Å². The predicted molar refractivity (Wildman–Crippen MR) is 375 cm³/mol. The summed E-state index contributed by atoms with van der Waals surface area (Å²) < 4.78 is 50.2. The minimum Gasteiger partial charge on any atom is -0.493 e. The minimum atomic E-state index is 0.192. The van der Waals surface area contributed by atoms with Crippen molar-refractivity contribution in [3.63, 3.8) is 0 Å². The maximum absolute atomic E-state index is 6.64. The lowest BCUT2D eigenvalue weighted by Gasteiger charge is -2.36. The second kappa shape index (κ2) is 33.4. The second-order valence-corrected chi connectivity index (χ2v) is 26.2. The van der Waals surface area contributed by atoms with Crippen LogP contribution < -0.4 is 59.2 Å². The van der Waals surface area contributed by atoms with Crippen LogP contribution in [0.15, 0.2) is 170 Å². The number of ether oxygens (including phenoxy) is 8. The molecular formula is C82H98N4O8. The van der Waals surface area contributed by atoms with Crippen molar-refractivity contribution in [1.82, 2.24) is 21.3 Å². The maximum Gasteiger partial charge on any atom is 0.162 e. The standard InChI is InChI=1S/C82H98N4O8/c1-87-73-45-63-37-41-83-71(67(63)49-77(73)91-53-57-23-9-5-10-24-57)35-21-19-33-61(81-69-51-79(93-55-59-27-13-7-14-28-59)75(89-3)47-65(69)39-43-85-81)31-17-18-32-62(82-70-52-80(94-56-60-29-15-8-16-30-60)76(90-4)48-66(70)40-44-86-82)34-20-22-36-72-68-50-78(92-54-58-25-11-6-12-26-58)74(88-2)46-64(68)38-42-84-72/h5-16,23-30,45-52,61-62,71-72,81-86H,17-22,31-44,53-56H2,1-4H3. The molecule has 4 N–H and O–H groups in total. The van der Waals surface area contributed by atoms with Gasteiger partial charge in [0.05, 0.1) is 28.4 Å². The summed E-state index contributed by atoms with van der Waals surface area (Å²) in [6.45, 7) is 5.70. The zero-order valence-electron chi connectivity index (χ0n) is 55.9. The molecule has 0 aliphatic carbocycles. The zero-order valence-corrected chi connectivity index (χ0v) is 55.9. The number of benzene rings is 8. The first kappa shape index (κ1) is 66.0. The smallest absolute Gasteiger partial charge is 0.162 e. The zero-order chi connectivity index (χ0) is 64.3. The van der Waals surface area contributed by atoms with E-state index in [1.54, 1.807) is 28.4 Å². The van der Waals surface area contributed by atoms with Crippen LogP contribution in [0.2, 0.25) is 0 Å². The molecule has 94 heavy (non-hydrogen) atoms. The third-order valence-electron chi connectivity index (χ3n) is 20.1. The lowest BCUT2D eigenvalue weighted by Crippen LogP contribution is -2.35. The summed E-state index contributed by atoms with van der Waals surface area (Å²) in [5.41, 5.74) is 15.3. The van der Waals surface area contributed by atoms with Crippen molar-refractivity contribution in [3.8, 4) is 46.0 Å². The van der Waals surface area contributed by atoms with Gasteiger partial charge in [0.25, 0.3) is 0 Å². The van der Waals surface area contributed by atoms with Gasteiger partial charge in [-0.15, -0.1) is 0 Å². The van der Waals surface area contributed by atoms with E-state index in [-0.39, 0.29) is 24.2 Å². The highest BCUT2D eigenvalue weighted by atomic mass is 16.5. The van der Waals surface area contributed by atoms with Crippen molar-refractivity contribution in [2.75, 3.05) is 54.6 Å². The Bertz CT molecular complexity index is 3430. The van der Waals surface area contributed by atoms with Crippen molar-refractivity contribution < 1.29 is 37.9 Å². The molecule has 6 unspecified atom stereocenters. The molecule has 494 valence electrons. The summed E-state index contributed by atoms with van der Waals surface area (Å²) in [5, 5.41) is 16.1. The Kier molecular flexibility index (Phi) is 23.5. The minimum absolute atomic E-state index is 0.192. The molecule has 8 aromatic rings. The molecule has 12 nitrogen and oxygen atoms in total. The number of rotatable bonds is 33. The normalized spacial score (nSPS) is 17.9. The summed E-state index contributed by atoms with van der Waals surface area (Å²) >= 11 is 0. The average Bonchev–Trinajstić information content (AvgIpc) is 0.833. The molecule has 4 aliphatic rings. The number of fused-ring (bicyclic) bond motifs is 4. The van der Waals surface area contributed by atoms with Crippen LogP contribution in [0, 0.1) is 11.8 Å². The van der Waals surface area contributed by atoms with E-state index in [0.717, 1.165) is 197 Å². The van der Waals surface area contributed by atoms with Gasteiger partial charge >= 0.3 is 0 Å². The summed E-state index contributed by atoms with van der Waals surface area (Å²) in [6, 6.07) is 60.6. The third-order valence-corrected chi connectivity index (χ3v) is 20.1. The first-order chi connectivity index (χ1) is 46.4. The predicted octanol–water partition coefficient (Wildman–Crippen LogP) is 16.8. The Balaban J connectivity index is 0.774. The number of hydrogen-bond donors (Lipinski definition) is 4. The van der Waals surface area contributed by atoms with E-state index in [4.69, 9.17) is 37.9 Å². The van der Waals surface area contributed by atoms with E-state index in [2.05, 4.69) is 179 Å². The molecule has 0 fully saturated rings. The molecule has 8 aromatic carbocycles. The Morgan fingerprint density at radius 2 is 0.574 bits per heavy atom. The van der Waals surface area contributed by atoms with Crippen molar-refractivity contribution >= 4 is 0 Å². The summed E-state index contributed by atoms with van der Waals surface area (Å²) in [5.74, 6) is 7.26. The van der Waals surface area contributed by atoms with Gasteiger partial charge in [-0.25, -0.2) is 0 Å². The van der Waals surface area contributed by atoms with Gasteiger partial charge in [-0.05, 0) is 218 Å². The number of nitrogens with one attached hydrogen (secondary N) is 4. The van der Waals surface area contributed by atoms with Gasteiger partial charge in [0.15, 0.2) is 46.0 Å².